The Morgan fingerprint density at radius 1 is 1.21 bits per heavy atom. The Bertz CT molecular complexity index is 1020. The van der Waals surface area contributed by atoms with Crippen LogP contribution in [0.4, 0.5) is 5.82 Å². The first-order valence-electron chi connectivity index (χ1n) is 9.46. The third-order valence-electron chi connectivity index (χ3n) is 4.93. The van der Waals surface area contributed by atoms with E-state index in [4.69, 9.17) is 11.6 Å². The highest BCUT2D eigenvalue weighted by Gasteiger charge is 2.24. The number of rotatable bonds is 5. The van der Waals surface area contributed by atoms with Gasteiger partial charge in [0.25, 0.3) is 5.91 Å². The number of nitrogens with one attached hydrogen (secondary N) is 3. The fourth-order valence-electron chi connectivity index (χ4n) is 3.54. The molecule has 0 unspecified atom stereocenters. The minimum atomic E-state index is -0.307. The van der Waals surface area contributed by atoms with Crippen LogP contribution >= 0.6 is 11.6 Å². The number of hydrogen-bond acceptors (Lipinski definition) is 5. The van der Waals surface area contributed by atoms with Gasteiger partial charge in [0.1, 0.15) is 17.8 Å². The molecule has 2 aromatic heterocycles. The molecule has 0 aliphatic carbocycles. The number of hydrogen-bond donors (Lipinski definition) is 3. The van der Waals surface area contributed by atoms with Crippen LogP contribution in [-0.2, 0) is 4.79 Å². The average Bonchev–Trinajstić information content (AvgIpc) is 3.22. The van der Waals surface area contributed by atoms with Crippen molar-refractivity contribution in [2.24, 2.45) is 0 Å². The van der Waals surface area contributed by atoms with Gasteiger partial charge in [0, 0.05) is 35.9 Å². The first kappa shape index (κ1) is 19.2. The van der Waals surface area contributed by atoms with Gasteiger partial charge in [-0.1, -0.05) is 11.6 Å². The van der Waals surface area contributed by atoms with Gasteiger partial charge in [-0.2, -0.15) is 0 Å². The molecule has 0 saturated carbocycles. The Balaban J connectivity index is 1.32. The van der Waals surface area contributed by atoms with E-state index in [9.17, 15) is 9.59 Å². The highest BCUT2D eigenvalue weighted by Crippen LogP contribution is 2.24. The molecule has 1 saturated heterocycles. The standard InChI is InChI=1S/C20H21ClN6O2/c21-14-5-3-13(4-6-14)20(29)23-10-17(28)26-15-2-1-9-27(11-15)19-16-7-8-22-18(16)24-12-25-19/h3-8,12,15H,1-2,9-11H2,(H,23,29)(H,26,28)(H,22,24,25)/t15-/m1/s1. The molecule has 150 valence electrons. The summed E-state index contributed by atoms with van der Waals surface area (Å²) in [4.78, 5) is 38.4. The van der Waals surface area contributed by atoms with E-state index in [1.54, 1.807) is 30.6 Å². The molecule has 1 aliphatic rings. The van der Waals surface area contributed by atoms with Gasteiger partial charge in [-0.25, -0.2) is 9.97 Å². The maximum absolute atomic E-state index is 12.3. The predicted octanol–water partition coefficient (Wildman–Crippen LogP) is 2.13. The van der Waals surface area contributed by atoms with Gasteiger partial charge >= 0.3 is 0 Å². The van der Waals surface area contributed by atoms with Crippen molar-refractivity contribution in [2.45, 2.75) is 18.9 Å². The minimum absolute atomic E-state index is 0.00681. The number of amides is 2. The van der Waals surface area contributed by atoms with Crippen LogP contribution in [0, 0.1) is 0 Å². The molecule has 3 N–H and O–H groups in total. The van der Waals surface area contributed by atoms with Crippen LogP contribution in [0.25, 0.3) is 11.0 Å². The average molecular weight is 413 g/mol. The summed E-state index contributed by atoms with van der Waals surface area (Å²) in [6, 6.07) is 8.48. The molecule has 1 atom stereocenters. The van der Waals surface area contributed by atoms with Crippen molar-refractivity contribution in [2.75, 3.05) is 24.5 Å². The van der Waals surface area contributed by atoms with Crippen molar-refractivity contribution in [1.82, 2.24) is 25.6 Å². The van der Waals surface area contributed by atoms with E-state index in [2.05, 4.69) is 30.5 Å². The monoisotopic (exact) mass is 412 g/mol. The zero-order chi connectivity index (χ0) is 20.2. The number of anilines is 1. The topological polar surface area (TPSA) is 103 Å². The molecule has 4 rings (SSSR count). The second-order valence-electron chi connectivity index (χ2n) is 6.98. The lowest BCUT2D eigenvalue weighted by molar-refractivity contribution is -0.120. The van der Waals surface area contributed by atoms with Crippen molar-refractivity contribution < 1.29 is 9.59 Å². The molecule has 0 radical (unpaired) electrons. The number of carbonyl (C=O) groups excluding carboxylic acids is 2. The van der Waals surface area contributed by atoms with Gasteiger partial charge in [-0.15, -0.1) is 0 Å². The summed E-state index contributed by atoms with van der Waals surface area (Å²) in [6.07, 6.45) is 5.21. The minimum Gasteiger partial charge on any atom is -0.354 e. The Morgan fingerprint density at radius 3 is 2.86 bits per heavy atom. The maximum atomic E-state index is 12.3. The normalized spacial score (nSPS) is 16.6. The van der Waals surface area contributed by atoms with Gasteiger partial charge in [-0.3, -0.25) is 9.59 Å². The number of halogens is 1. The molecule has 1 aromatic carbocycles. The molecule has 2 amide bonds. The van der Waals surface area contributed by atoms with E-state index in [-0.39, 0.29) is 24.4 Å². The lowest BCUT2D eigenvalue weighted by atomic mass is 10.1. The van der Waals surface area contributed by atoms with Gasteiger partial charge < -0.3 is 20.5 Å². The number of aromatic nitrogens is 3. The number of fused-ring (bicyclic) bond motifs is 1. The molecule has 3 heterocycles. The van der Waals surface area contributed by atoms with E-state index >= 15 is 0 Å². The summed E-state index contributed by atoms with van der Waals surface area (Å²) in [6.45, 7) is 1.46. The lowest BCUT2D eigenvalue weighted by Gasteiger charge is -2.34. The number of benzene rings is 1. The quantitative estimate of drug-likeness (QED) is 0.595. The molecule has 1 aliphatic heterocycles. The molecule has 8 nitrogen and oxygen atoms in total. The van der Waals surface area contributed by atoms with Crippen molar-refractivity contribution in [3.8, 4) is 0 Å². The van der Waals surface area contributed by atoms with Crippen LogP contribution in [0.1, 0.15) is 23.2 Å². The summed E-state index contributed by atoms with van der Waals surface area (Å²) in [5, 5.41) is 7.17. The number of carbonyl (C=O) groups is 2. The highest BCUT2D eigenvalue weighted by atomic mass is 35.5. The van der Waals surface area contributed by atoms with Crippen LogP contribution in [0.5, 0.6) is 0 Å². The molecule has 1 fully saturated rings. The molecule has 0 bridgehead atoms. The van der Waals surface area contributed by atoms with Gasteiger partial charge in [0.05, 0.1) is 11.9 Å². The van der Waals surface area contributed by atoms with E-state index < -0.39 is 0 Å². The van der Waals surface area contributed by atoms with Crippen molar-refractivity contribution in [1.29, 1.82) is 0 Å². The van der Waals surface area contributed by atoms with Crippen molar-refractivity contribution in [3.63, 3.8) is 0 Å². The first-order chi connectivity index (χ1) is 14.1. The smallest absolute Gasteiger partial charge is 0.251 e. The highest BCUT2D eigenvalue weighted by molar-refractivity contribution is 6.30. The molecule has 3 aromatic rings. The molecule has 29 heavy (non-hydrogen) atoms. The fraction of sp³-hybridized carbons (Fsp3) is 0.300. The third-order valence-corrected chi connectivity index (χ3v) is 5.19. The van der Waals surface area contributed by atoms with Gasteiger partial charge in [-0.05, 0) is 43.2 Å². The van der Waals surface area contributed by atoms with Crippen molar-refractivity contribution >= 4 is 40.3 Å². The summed E-state index contributed by atoms with van der Waals surface area (Å²) in [7, 11) is 0. The summed E-state index contributed by atoms with van der Waals surface area (Å²) >= 11 is 5.82. The Hall–Kier alpha value is -3.13. The van der Waals surface area contributed by atoms with E-state index in [0.29, 0.717) is 17.1 Å². The number of H-pyrrole nitrogens is 1. The summed E-state index contributed by atoms with van der Waals surface area (Å²) < 4.78 is 0. The zero-order valence-electron chi connectivity index (χ0n) is 15.7. The Kier molecular flexibility index (Phi) is 5.62. The van der Waals surface area contributed by atoms with E-state index in [0.717, 1.165) is 36.2 Å². The third kappa shape index (κ3) is 4.48. The van der Waals surface area contributed by atoms with Crippen LogP contribution in [-0.4, -0.2) is 52.4 Å². The Morgan fingerprint density at radius 2 is 2.03 bits per heavy atom. The lowest BCUT2D eigenvalue weighted by Crippen LogP contribution is -2.50. The summed E-state index contributed by atoms with van der Waals surface area (Å²) in [5.74, 6) is 0.345. The van der Waals surface area contributed by atoms with E-state index in [1.165, 1.54) is 0 Å². The van der Waals surface area contributed by atoms with Crippen LogP contribution in [0.15, 0.2) is 42.9 Å². The van der Waals surface area contributed by atoms with E-state index in [1.807, 2.05) is 12.3 Å². The summed E-state index contributed by atoms with van der Waals surface area (Å²) in [5.41, 5.74) is 1.26. The molecular weight excluding hydrogens is 392 g/mol. The Labute approximate surface area is 172 Å². The predicted molar refractivity (Wildman–Crippen MR) is 111 cm³/mol. The maximum Gasteiger partial charge on any atom is 0.251 e. The number of aromatic amines is 1. The molecule has 9 heteroatoms. The SMILES string of the molecule is O=C(CNC(=O)c1ccc(Cl)cc1)N[C@@H]1CCCN(c2ncnc3[nH]ccc23)C1. The number of piperidine rings is 1. The molecule has 0 spiro atoms. The van der Waals surface area contributed by atoms with Gasteiger partial charge in [0.2, 0.25) is 5.91 Å². The number of nitrogens with zero attached hydrogens (tertiary/aromatic N) is 3. The first-order valence-corrected chi connectivity index (χ1v) is 9.84. The van der Waals surface area contributed by atoms with Crippen LogP contribution < -0.4 is 15.5 Å². The van der Waals surface area contributed by atoms with Crippen LogP contribution in [0.2, 0.25) is 5.02 Å². The largest absolute Gasteiger partial charge is 0.354 e. The van der Waals surface area contributed by atoms with Crippen LogP contribution in [0.3, 0.4) is 0 Å². The molecular formula is C20H21ClN6O2. The second-order valence-corrected chi connectivity index (χ2v) is 7.42. The van der Waals surface area contributed by atoms with Crippen molar-refractivity contribution in [3.05, 3.63) is 53.4 Å². The fourth-order valence-corrected chi connectivity index (χ4v) is 3.67. The second kappa shape index (κ2) is 8.48. The van der Waals surface area contributed by atoms with Gasteiger partial charge in [0.15, 0.2) is 0 Å². The zero-order valence-corrected chi connectivity index (χ0v) is 16.4.